The van der Waals surface area contributed by atoms with Gasteiger partial charge < -0.3 is 9.84 Å². The number of carbonyl (C=O) groups excluding carboxylic acids is 1. The lowest BCUT2D eigenvalue weighted by Crippen LogP contribution is -1.99. The molecule has 0 atom stereocenters. The number of benzene rings is 2. The molecule has 22 heavy (non-hydrogen) atoms. The maximum atomic E-state index is 12.0. The molecular weight excluding hydrogens is 282 g/mol. The van der Waals surface area contributed by atoms with E-state index in [4.69, 9.17) is 9.84 Å². The third-order valence-electron chi connectivity index (χ3n) is 3.04. The van der Waals surface area contributed by atoms with E-state index in [1.165, 1.54) is 18.3 Å². The Labute approximate surface area is 127 Å². The Balaban J connectivity index is 1.96. The molecule has 0 aliphatic carbocycles. The van der Waals surface area contributed by atoms with Gasteiger partial charge in [0.2, 0.25) is 0 Å². The van der Waals surface area contributed by atoms with Gasteiger partial charge in [0.05, 0.1) is 18.4 Å². The first-order valence-corrected chi connectivity index (χ1v) is 6.63. The fourth-order valence-corrected chi connectivity index (χ4v) is 1.82. The Kier molecular flexibility index (Phi) is 5.03. The molecule has 0 saturated carbocycles. The van der Waals surface area contributed by atoms with E-state index in [1.807, 2.05) is 0 Å². The standard InChI is InChI=1S/C17H15NO4/c1-22-15-8-4-12(5-9-15)16(19)10-11-18-14-6-2-13(3-7-14)17(20)21/h2-9,11H,10H2,1H3,(H,20,21). The summed E-state index contributed by atoms with van der Waals surface area (Å²) < 4.78 is 5.03. The van der Waals surface area contributed by atoms with Gasteiger partial charge in [0, 0.05) is 18.2 Å². The Hall–Kier alpha value is -2.95. The van der Waals surface area contributed by atoms with Crippen LogP contribution in [0.5, 0.6) is 5.75 Å². The summed E-state index contributed by atoms with van der Waals surface area (Å²) in [7, 11) is 1.57. The number of aliphatic imine (C=N–C) groups is 1. The van der Waals surface area contributed by atoms with E-state index in [2.05, 4.69) is 4.99 Å². The lowest BCUT2D eigenvalue weighted by Gasteiger charge is -2.01. The molecule has 0 aliphatic rings. The van der Waals surface area contributed by atoms with Crippen LogP contribution >= 0.6 is 0 Å². The van der Waals surface area contributed by atoms with Crippen LogP contribution in [-0.4, -0.2) is 30.2 Å². The summed E-state index contributed by atoms with van der Waals surface area (Å²) in [4.78, 5) is 26.8. The minimum atomic E-state index is -0.981. The summed E-state index contributed by atoms with van der Waals surface area (Å²) in [5.41, 5.74) is 1.40. The van der Waals surface area contributed by atoms with Crippen LogP contribution in [-0.2, 0) is 0 Å². The minimum Gasteiger partial charge on any atom is -0.497 e. The van der Waals surface area contributed by atoms with E-state index in [-0.39, 0.29) is 17.8 Å². The quantitative estimate of drug-likeness (QED) is 0.655. The van der Waals surface area contributed by atoms with Crippen LogP contribution in [0.15, 0.2) is 53.5 Å². The second-order valence-corrected chi connectivity index (χ2v) is 4.52. The van der Waals surface area contributed by atoms with Crippen molar-refractivity contribution in [2.24, 2.45) is 4.99 Å². The van der Waals surface area contributed by atoms with Crippen LogP contribution < -0.4 is 4.74 Å². The highest BCUT2D eigenvalue weighted by Gasteiger charge is 2.04. The first-order chi connectivity index (χ1) is 10.6. The minimum absolute atomic E-state index is 0.0476. The highest BCUT2D eigenvalue weighted by Crippen LogP contribution is 2.14. The highest BCUT2D eigenvalue weighted by atomic mass is 16.5. The van der Waals surface area contributed by atoms with E-state index >= 15 is 0 Å². The van der Waals surface area contributed by atoms with Crippen molar-refractivity contribution in [2.75, 3.05) is 7.11 Å². The van der Waals surface area contributed by atoms with Crippen molar-refractivity contribution in [2.45, 2.75) is 6.42 Å². The zero-order valence-electron chi connectivity index (χ0n) is 12.0. The van der Waals surface area contributed by atoms with Crippen LogP contribution in [0.2, 0.25) is 0 Å². The monoisotopic (exact) mass is 297 g/mol. The topological polar surface area (TPSA) is 76.0 Å². The zero-order chi connectivity index (χ0) is 15.9. The average Bonchev–Trinajstić information content (AvgIpc) is 2.55. The van der Waals surface area contributed by atoms with Crippen molar-refractivity contribution in [3.63, 3.8) is 0 Å². The van der Waals surface area contributed by atoms with Crippen molar-refractivity contribution >= 4 is 23.7 Å². The molecule has 0 radical (unpaired) electrons. The van der Waals surface area contributed by atoms with Crippen molar-refractivity contribution in [1.82, 2.24) is 0 Å². The summed E-state index contributed by atoms with van der Waals surface area (Å²) in [6.07, 6.45) is 1.69. The molecule has 5 heteroatoms. The van der Waals surface area contributed by atoms with Gasteiger partial charge in [-0.2, -0.15) is 0 Å². The molecule has 1 N–H and O–H groups in total. The summed E-state index contributed by atoms with van der Waals surface area (Å²) in [6.45, 7) is 0. The normalized spacial score (nSPS) is 10.6. The van der Waals surface area contributed by atoms with Gasteiger partial charge in [-0.15, -0.1) is 0 Å². The van der Waals surface area contributed by atoms with Crippen LogP contribution in [0.4, 0.5) is 5.69 Å². The van der Waals surface area contributed by atoms with Gasteiger partial charge in [0.15, 0.2) is 5.78 Å². The maximum Gasteiger partial charge on any atom is 0.335 e. The Morgan fingerprint density at radius 1 is 1.05 bits per heavy atom. The number of carboxylic acid groups (broad SMARTS) is 1. The molecule has 0 fully saturated rings. The molecule has 0 saturated heterocycles. The molecular formula is C17H15NO4. The molecule has 0 amide bonds. The molecule has 5 nitrogen and oxygen atoms in total. The van der Waals surface area contributed by atoms with Crippen LogP contribution in [0.3, 0.4) is 0 Å². The van der Waals surface area contributed by atoms with E-state index < -0.39 is 5.97 Å². The van der Waals surface area contributed by atoms with Gasteiger partial charge in [-0.3, -0.25) is 9.79 Å². The molecule has 0 spiro atoms. The number of methoxy groups -OCH3 is 1. The van der Waals surface area contributed by atoms with Crippen LogP contribution in [0.1, 0.15) is 27.1 Å². The molecule has 0 bridgehead atoms. The largest absolute Gasteiger partial charge is 0.497 e. The van der Waals surface area contributed by atoms with E-state index in [0.29, 0.717) is 17.0 Å². The Morgan fingerprint density at radius 3 is 2.18 bits per heavy atom. The second-order valence-electron chi connectivity index (χ2n) is 4.52. The number of hydrogen-bond donors (Lipinski definition) is 1. The predicted octanol–water partition coefficient (Wildman–Crippen LogP) is 3.37. The summed E-state index contributed by atoms with van der Waals surface area (Å²) in [5.74, 6) is -0.331. The van der Waals surface area contributed by atoms with E-state index in [0.717, 1.165) is 0 Å². The van der Waals surface area contributed by atoms with Crippen LogP contribution in [0.25, 0.3) is 0 Å². The number of carboxylic acids is 1. The Morgan fingerprint density at radius 2 is 1.64 bits per heavy atom. The molecule has 2 aromatic rings. The van der Waals surface area contributed by atoms with Crippen molar-refractivity contribution in [3.05, 3.63) is 59.7 Å². The maximum absolute atomic E-state index is 12.0. The number of nitrogens with zero attached hydrogens (tertiary/aromatic N) is 1. The molecule has 2 rings (SSSR count). The lowest BCUT2D eigenvalue weighted by molar-refractivity contribution is 0.0696. The number of rotatable bonds is 6. The number of ketones is 1. The number of carbonyl (C=O) groups is 2. The van der Waals surface area contributed by atoms with Crippen molar-refractivity contribution in [3.8, 4) is 5.75 Å². The molecule has 0 unspecified atom stereocenters. The van der Waals surface area contributed by atoms with E-state index in [1.54, 1.807) is 43.5 Å². The van der Waals surface area contributed by atoms with E-state index in [9.17, 15) is 9.59 Å². The first kappa shape index (κ1) is 15.4. The second kappa shape index (κ2) is 7.17. The zero-order valence-corrected chi connectivity index (χ0v) is 12.0. The van der Waals surface area contributed by atoms with Gasteiger partial charge in [0.25, 0.3) is 0 Å². The fourth-order valence-electron chi connectivity index (χ4n) is 1.82. The fraction of sp³-hybridized carbons (Fsp3) is 0.118. The molecule has 112 valence electrons. The summed E-state index contributed by atoms with van der Waals surface area (Å²) >= 11 is 0. The van der Waals surface area contributed by atoms with Gasteiger partial charge in [-0.05, 0) is 48.5 Å². The molecule has 2 aromatic carbocycles. The molecule has 0 aromatic heterocycles. The smallest absolute Gasteiger partial charge is 0.335 e. The third-order valence-corrected chi connectivity index (χ3v) is 3.04. The van der Waals surface area contributed by atoms with Crippen molar-refractivity contribution < 1.29 is 19.4 Å². The number of ether oxygens (including phenoxy) is 1. The number of Topliss-reactive ketones (excluding diaryl/α,β-unsaturated/α-hetero) is 1. The summed E-state index contributed by atoms with van der Waals surface area (Å²) in [6, 6.07) is 13.0. The van der Waals surface area contributed by atoms with Gasteiger partial charge in [-0.1, -0.05) is 0 Å². The van der Waals surface area contributed by atoms with Gasteiger partial charge in [0.1, 0.15) is 5.75 Å². The Bertz CT molecular complexity index is 688. The first-order valence-electron chi connectivity index (χ1n) is 6.63. The van der Waals surface area contributed by atoms with Gasteiger partial charge in [-0.25, -0.2) is 4.79 Å². The predicted molar refractivity (Wildman–Crippen MR) is 83.5 cm³/mol. The number of hydrogen-bond acceptors (Lipinski definition) is 4. The average molecular weight is 297 g/mol. The third kappa shape index (κ3) is 4.02. The highest BCUT2D eigenvalue weighted by molar-refractivity contribution is 6.03. The molecule has 0 heterocycles. The van der Waals surface area contributed by atoms with Crippen molar-refractivity contribution in [1.29, 1.82) is 0 Å². The SMILES string of the molecule is COc1ccc(C(=O)CC=Nc2ccc(C(=O)O)cc2)cc1. The van der Waals surface area contributed by atoms with Gasteiger partial charge >= 0.3 is 5.97 Å². The summed E-state index contributed by atoms with van der Waals surface area (Å²) in [5, 5.41) is 8.80. The van der Waals surface area contributed by atoms with Crippen LogP contribution in [0, 0.1) is 0 Å². The number of aromatic carboxylic acids is 1. The molecule has 0 aliphatic heterocycles. The lowest BCUT2D eigenvalue weighted by atomic mass is 10.1.